The van der Waals surface area contributed by atoms with E-state index in [-0.39, 0.29) is 17.4 Å². The average Bonchev–Trinajstić information content (AvgIpc) is 2.91. The molecule has 1 aliphatic heterocycles. The minimum absolute atomic E-state index is 0.108. The van der Waals surface area contributed by atoms with Crippen molar-refractivity contribution in [2.45, 2.75) is 39.7 Å². The van der Waals surface area contributed by atoms with Gasteiger partial charge in [-0.15, -0.1) is 0 Å². The number of rotatable bonds is 2. The highest BCUT2D eigenvalue weighted by Gasteiger charge is 2.27. The van der Waals surface area contributed by atoms with Crippen molar-refractivity contribution in [3.63, 3.8) is 0 Å². The highest BCUT2D eigenvalue weighted by atomic mass is 16.4. The van der Waals surface area contributed by atoms with Gasteiger partial charge in [-0.05, 0) is 25.0 Å². The van der Waals surface area contributed by atoms with Gasteiger partial charge in [0.2, 0.25) is 11.6 Å². The van der Waals surface area contributed by atoms with Gasteiger partial charge in [0, 0.05) is 30.7 Å². The molecule has 2 aromatic heterocycles. The number of hydrogen-bond acceptors (Lipinski definition) is 5. The molecule has 0 atom stereocenters. The summed E-state index contributed by atoms with van der Waals surface area (Å²) in [6.45, 7) is 7.44. The molecule has 118 valence electrons. The minimum Gasteiger partial charge on any atom is -0.422 e. The summed E-state index contributed by atoms with van der Waals surface area (Å²) in [5.74, 6) is 0.108. The maximum absolute atomic E-state index is 12.0. The molecule has 2 aromatic rings. The van der Waals surface area contributed by atoms with Crippen molar-refractivity contribution >= 4 is 23.2 Å². The third-order valence-electron chi connectivity index (χ3n) is 3.94. The number of pyridine rings is 1. The maximum Gasteiger partial charge on any atom is 0.299 e. The fraction of sp³-hybridized carbons (Fsp3) is 0.562. The zero-order valence-corrected chi connectivity index (χ0v) is 13.3. The summed E-state index contributed by atoms with van der Waals surface area (Å²) in [6.07, 6.45) is 3.50. The van der Waals surface area contributed by atoms with Crippen molar-refractivity contribution in [2.75, 3.05) is 18.0 Å². The van der Waals surface area contributed by atoms with E-state index in [1.807, 2.05) is 32.9 Å². The van der Waals surface area contributed by atoms with Crippen molar-refractivity contribution in [3.05, 3.63) is 18.3 Å². The molecule has 1 amide bonds. The number of aromatic nitrogens is 2. The largest absolute Gasteiger partial charge is 0.422 e. The van der Waals surface area contributed by atoms with Crippen LogP contribution in [0.25, 0.3) is 11.2 Å². The van der Waals surface area contributed by atoms with Crippen molar-refractivity contribution < 1.29 is 9.21 Å². The highest BCUT2D eigenvalue weighted by molar-refractivity contribution is 5.81. The molecule has 3 rings (SSSR count). The van der Waals surface area contributed by atoms with Crippen LogP contribution in [0.3, 0.4) is 0 Å². The molecule has 1 aliphatic rings. The van der Waals surface area contributed by atoms with E-state index < -0.39 is 0 Å². The standard InChI is InChI=1S/C16H22N4O2/c1-16(2,3)14(21)18-11-6-9-20(10-7-11)15-19-13-12(22-15)5-4-8-17-13/h4-5,8,11H,6-7,9-10H2,1-3H3,(H,18,21). The fourth-order valence-corrected chi connectivity index (χ4v) is 2.51. The van der Waals surface area contributed by atoms with E-state index in [4.69, 9.17) is 4.42 Å². The Bertz CT molecular complexity index is 633. The van der Waals surface area contributed by atoms with E-state index in [1.54, 1.807) is 6.20 Å². The Kier molecular flexibility index (Phi) is 3.76. The molecule has 0 spiro atoms. The first kappa shape index (κ1) is 14.8. The lowest BCUT2D eigenvalue weighted by Gasteiger charge is -2.32. The molecule has 22 heavy (non-hydrogen) atoms. The zero-order chi connectivity index (χ0) is 15.7. The Hall–Kier alpha value is -2.11. The number of amides is 1. The molecule has 3 heterocycles. The highest BCUT2D eigenvalue weighted by Crippen LogP contribution is 2.24. The number of carbonyl (C=O) groups excluding carboxylic acids is 1. The number of piperidine rings is 1. The van der Waals surface area contributed by atoms with Crippen LogP contribution in [-0.2, 0) is 4.79 Å². The lowest BCUT2D eigenvalue weighted by molar-refractivity contribution is -0.129. The molecule has 0 bridgehead atoms. The monoisotopic (exact) mass is 302 g/mol. The Morgan fingerprint density at radius 2 is 2.09 bits per heavy atom. The van der Waals surface area contributed by atoms with E-state index in [2.05, 4.69) is 20.2 Å². The molecule has 0 radical (unpaired) electrons. The smallest absolute Gasteiger partial charge is 0.299 e. The van der Waals surface area contributed by atoms with Crippen LogP contribution in [0.2, 0.25) is 0 Å². The Morgan fingerprint density at radius 3 is 2.73 bits per heavy atom. The summed E-state index contributed by atoms with van der Waals surface area (Å²) in [6, 6.07) is 4.56. The van der Waals surface area contributed by atoms with Crippen LogP contribution in [0.1, 0.15) is 33.6 Å². The molecule has 1 saturated heterocycles. The van der Waals surface area contributed by atoms with Crippen molar-refractivity contribution in [2.24, 2.45) is 5.41 Å². The number of nitrogens with one attached hydrogen (secondary N) is 1. The number of oxazole rings is 1. The SMILES string of the molecule is CC(C)(C)C(=O)NC1CCN(c2nc3ncccc3o2)CC1. The van der Waals surface area contributed by atoms with Gasteiger partial charge >= 0.3 is 0 Å². The summed E-state index contributed by atoms with van der Waals surface area (Å²) in [5.41, 5.74) is 1.00. The van der Waals surface area contributed by atoms with E-state index in [0.717, 1.165) is 25.9 Å². The maximum atomic E-state index is 12.0. The number of fused-ring (bicyclic) bond motifs is 1. The normalized spacial score (nSPS) is 17.0. The minimum atomic E-state index is -0.344. The Morgan fingerprint density at radius 1 is 1.36 bits per heavy atom. The van der Waals surface area contributed by atoms with Crippen LogP contribution in [0.15, 0.2) is 22.7 Å². The molecule has 1 N–H and O–H groups in total. The van der Waals surface area contributed by atoms with E-state index in [0.29, 0.717) is 17.2 Å². The average molecular weight is 302 g/mol. The van der Waals surface area contributed by atoms with Crippen LogP contribution in [0.4, 0.5) is 6.01 Å². The topological polar surface area (TPSA) is 71.3 Å². The lowest BCUT2D eigenvalue weighted by Crippen LogP contribution is -2.47. The molecule has 6 nitrogen and oxygen atoms in total. The van der Waals surface area contributed by atoms with E-state index in [9.17, 15) is 4.79 Å². The second kappa shape index (κ2) is 5.59. The predicted octanol–water partition coefficient (Wildman–Crippen LogP) is 2.35. The molecule has 0 saturated carbocycles. The number of anilines is 1. The summed E-state index contributed by atoms with van der Waals surface area (Å²) in [5, 5.41) is 3.13. The number of carbonyl (C=O) groups is 1. The Labute approximate surface area is 129 Å². The Balaban J connectivity index is 1.61. The van der Waals surface area contributed by atoms with Crippen LogP contribution < -0.4 is 10.2 Å². The molecular weight excluding hydrogens is 280 g/mol. The van der Waals surface area contributed by atoms with Gasteiger partial charge in [-0.2, -0.15) is 4.98 Å². The van der Waals surface area contributed by atoms with Crippen LogP contribution in [0.5, 0.6) is 0 Å². The summed E-state index contributed by atoms with van der Waals surface area (Å²) >= 11 is 0. The van der Waals surface area contributed by atoms with Crippen LogP contribution >= 0.6 is 0 Å². The number of nitrogens with zero attached hydrogens (tertiary/aromatic N) is 3. The molecular formula is C16H22N4O2. The summed E-state index contributed by atoms with van der Waals surface area (Å²) < 4.78 is 5.74. The summed E-state index contributed by atoms with van der Waals surface area (Å²) in [4.78, 5) is 22.8. The summed E-state index contributed by atoms with van der Waals surface area (Å²) in [7, 11) is 0. The number of hydrogen-bond donors (Lipinski definition) is 1. The van der Waals surface area contributed by atoms with Crippen LogP contribution in [0, 0.1) is 5.41 Å². The third kappa shape index (κ3) is 3.05. The van der Waals surface area contributed by atoms with Gasteiger partial charge in [0.15, 0.2) is 5.58 Å². The molecule has 0 aliphatic carbocycles. The molecule has 6 heteroatoms. The predicted molar refractivity (Wildman–Crippen MR) is 84.6 cm³/mol. The first-order valence-corrected chi connectivity index (χ1v) is 7.71. The van der Waals surface area contributed by atoms with Crippen molar-refractivity contribution in [1.82, 2.24) is 15.3 Å². The second-order valence-corrected chi connectivity index (χ2v) is 6.81. The van der Waals surface area contributed by atoms with Gasteiger partial charge in [0.05, 0.1) is 0 Å². The van der Waals surface area contributed by atoms with E-state index in [1.165, 1.54) is 0 Å². The van der Waals surface area contributed by atoms with Crippen molar-refractivity contribution in [3.8, 4) is 0 Å². The van der Waals surface area contributed by atoms with Gasteiger partial charge in [-0.25, -0.2) is 4.98 Å². The lowest BCUT2D eigenvalue weighted by atomic mass is 9.94. The zero-order valence-electron chi connectivity index (χ0n) is 13.3. The van der Waals surface area contributed by atoms with Crippen LogP contribution in [-0.4, -0.2) is 35.0 Å². The first-order valence-electron chi connectivity index (χ1n) is 7.71. The quantitative estimate of drug-likeness (QED) is 0.922. The van der Waals surface area contributed by atoms with Gasteiger partial charge < -0.3 is 14.6 Å². The fourth-order valence-electron chi connectivity index (χ4n) is 2.51. The third-order valence-corrected chi connectivity index (χ3v) is 3.94. The molecule has 1 fully saturated rings. The molecule has 0 aromatic carbocycles. The molecule has 0 unspecified atom stereocenters. The van der Waals surface area contributed by atoms with Gasteiger partial charge in [0.25, 0.3) is 6.01 Å². The van der Waals surface area contributed by atoms with Gasteiger partial charge in [-0.1, -0.05) is 20.8 Å². The van der Waals surface area contributed by atoms with Crippen molar-refractivity contribution in [1.29, 1.82) is 0 Å². The van der Waals surface area contributed by atoms with E-state index >= 15 is 0 Å². The van der Waals surface area contributed by atoms with Gasteiger partial charge in [-0.3, -0.25) is 4.79 Å². The second-order valence-electron chi connectivity index (χ2n) is 6.81. The first-order chi connectivity index (χ1) is 10.4. The van der Waals surface area contributed by atoms with Gasteiger partial charge in [0.1, 0.15) is 0 Å².